The summed E-state index contributed by atoms with van der Waals surface area (Å²) >= 11 is 0. The van der Waals surface area contributed by atoms with Crippen LogP contribution < -0.4 is 4.57 Å². The molecule has 50 heavy (non-hydrogen) atoms. The van der Waals surface area contributed by atoms with E-state index in [2.05, 4.69) is 178 Å². The van der Waals surface area contributed by atoms with Gasteiger partial charge >= 0.3 is 0 Å². The third-order valence-corrected chi connectivity index (χ3v) is 10.7. The van der Waals surface area contributed by atoms with Crippen molar-refractivity contribution in [2.75, 3.05) is 0 Å². The van der Waals surface area contributed by atoms with Gasteiger partial charge in [0.05, 0.1) is 7.05 Å². The third-order valence-electron chi connectivity index (χ3n) is 10.7. The number of furan rings is 1. The largest absolute Gasteiger partial charge is 0.455 e. The molecule has 0 radical (unpaired) electrons. The van der Waals surface area contributed by atoms with E-state index < -0.39 is 0 Å². The van der Waals surface area contributed by atoms with Gasteiger partial charge in [0.2, 0.25) is 0 Å². The highest BCUT2D eigenvalue weighted by Gasteiger charge is 2.34. The van der Waals surface area contributed by atoms with Gasteiger partial charge in [-0.3, -0.25) is 0 Å². The summed E-state index contributed by atoms with van der Waals surface area (Å²) in [5.41, 5.74) is 13.0. The molecule has 0 N–H and O–H groups in total. The molecule has 7 aromatic carbocycles. The summed E-state index contributed by atoms with van der Waals surface area (Å²) in [4.78, 5) is 0. The van der Waals surface area contributed by atoms with Gasteiger partial charge in [0.15, 0.2) is 16.6 Å². The molecule has 3 heteroatoms. The number of aromatic nitrogens is 2. The highest BCUT2D eigenvalue weighted by molar-refractivity contribution is 6.17. The Morgan fingerprint density at radius 2 is 1.26 bits per heavy atom. The van der Waals surface area contributed by atoms with Gasteiger partial charge in [-0.2, -0.15) is 4.57 Å². The van der Waals surface area contributed by atoms with Crippen LogP contribution in [0.4, 0.5) is 0 Å². The van der Waals surface area contributed by atoms with E-state index in [0.717, 1.165) is 33.3 Å². The highest BCUT2D eigenvalue weighted by atomic mass is 16.3. The first kappa shape index (κ1) is 30.4. The highest BCUT2D eigenvalue weighted by Crippen LogP contribution is 2.44. The maximum absolute atomic E-state index is 7.02. The van der Waals surface area contributed by atoms with E-state index in [-0.39, 0.29) is 0 Å². The lowest BCUT2D eigenvalue weighted by Crippen LogP contribution is -2.30. The SMILES string of the molecule is Cc1ccc2c(oc3cc4c(ccc5ccccc54)cc32)c1-c1n(-c2c(C(C)C)cc(-c3ccccc3)cc2C(C)C)c2ccccc2[n+]1C. The molecule has 0 fully saturated rings. The van der Waals surface area contributed by atoms with Crippen LogP contribution in [0.1, 0.15) is 56.2 Å². The molecule has 2 aromatic heterocycles. The predicted molar refractivity (Wildman–Crippen MR) is 211 cm³/mol. The van der Waals surface area contributed by atoms with E-state index in [1.807, 2.05) is 0 Å². The summed E-state index contributed by atoms with van der Waals surface area (Å²) < 4.78 is 11.9. The molecule has 0 aliphatic heterocycles. The zero-order valence-electron chi connectivity index (χ0n) is 29.6. The first-order chi connectivity index (χ1) is 24.3. The quantitative estimate of drug-likeness (QED) is 0.134. The molecule has 0 bridgehead atoms. The van der Waals surface area contributed by atoms with Gasteiger partial charge in [0.25, 0.3) is 5.82 Å². The summed E-state index contributed by atoms with van der Waals surface area (Å²) in [6.07, 6.45) is 0. The maximum atomic E-state index is 7.02. The van der Waals surface area contributed by atoms with Gasteiger partial charge in [-0.15, -0.1) is 0 Å². The summed E-state index contributed by atoms with van der Waals surface area (Å²) in [5.74, 6) is 1.73. The third kappa shape index (κ3) is 4.53. The molecule has 0 amide bonds. The van der Waals surface area contributed by atoms with Crippen molar-refractivity contribution in [1.82, 2.24) is 4.57 Å². The molecular formula is C47H41N2O+. The second-order valence-electron chi connectivity index (χ2n) is 14.5. The lowest BCUT2D eigenvalue weighted by Gasteiger charge is -2.21. The van der Waals surface area contributed by atoms with E-state index >= 15 is 0 Å². The van der Waals surface area contributed by atoms with Crippen molar-refractivity contribution in [3.63, 3.8) is 0 Å². The van der Waals surface area contributed by atoms with Crippen molar-refractivity contribution in [2.45, 2.75) is 46.5 Å². The van der Waals surface area contributed by atoms with Crippen molar-refractivity contribution >= 4 is 54.5 Å². The lowest BCUT2D eigenvalue weighted by atomic mass is 9.88. The molecule has 0 spiro atoms. The van der Waals surface area contributed by atoms with Crippen molar-refractivity contribution in [3.05, 3.63) is 144 Å². The molecule has 9 aromatic rings. The Hall–Kier alpha value is -5.67. The number of hydrogen-bond donors (Lipinski definition) is 0. The predicted octanol–water partition coefficient (Wildman–Crippen LogP) is 12.6. The Balaban J connectivity index is 1.40. The average Bonchev–Trinajstić information content (AvgIpc) is 3.64. The number of imidazole rings is 1. The van der Waals surface area contributed by atoms with E-state index in [4.69, 9.17) is 4.42 Å². The molecule has 0 saturated heterocycles. The summed E-state index contributed by atoms with van der Waals surface area (Å²) in [5, 5.41) is 7.21. The summed E-state index contributed by atoms with van der Waals surface area (Å²) in [6.45, 7) is 11.5. The minimum absolute atomic E-state index is 0.302. The lowest BCUT2D eigenvalue weighted by molar-refractivity contribution is -0.633. The molecule has 0 aliphatic rings. The minimum atomic E-state index is 0.302. The van der Waals surface area contributed by atoms with E-state index in [1.54, 1.807) is 0 Å². The standard InChI is InChI=1S/C47H41N2O/c1-28(2)37-25-34(31-14-8-7-9-15-31)26-38(29(3)4)45(37)49-42-19-13-12-18-41(42)48(6)47(49)44-30(5)20-23-36-40-24-33-22-21-32-16-10-11-17-35(32)39(33)27-43(40)50-46(36)44/h7-29H,1-6H3/q+1. The maximum Gasteiger partial charge on any atom is 0.299 e. The zero-order chi connectivity index (χ0) is 34.3. The second-order valence-corrected chi connectivity index (χ2v) is 14.5. The van der Waals surface area contributed by atoms with Gasteiger partial charge in [-0.05, 0) is 93.4 Å². The number of nitrogens with zero attached hydrogens (tertiary/aromatic N) is 2. The summed E-state index contributed by atoms with van der Waals surface area (Å²) in [7, 11) is 2.21. The molecule has 2 heterocycles. The fourth-order valence-corrected chi connectivity index (χ4v) is 8.15. The molecule has 0 unspecified atom stereocenters. The van der Waals surface area contributed by atoms with Gasteiger partial charge < -0.3 is 4.42 Å². The minimum Gasteiger partial charge on any atom is -0.455 e. The van der Waals surface area contributed by atoms with Crippen molar-refractivity contribution in [1.29, 1.82) is 0 Å². The van der Waals surface area contributed by atoms with Crippen molar-refractivity contribution in [3.8, 4) is 28.2 Å². The smallest absolute Gasteiger partial charge is 0.299 e. The van der Waals surface area contributed by atoms with Gasteiger partial charge in [0, 0.05) is 21.9 Å². The Labute approximate surface area is 293 Å². The topological polar surface area (TPSA) is 21.9 Å². The van der Waals surface area contributed by atoms with E-state index in [9.17, 15) is 0 Å². The van der Waals surface area contributed by atoms with E-state index in [0.29, 0.717) is 11.8 Å². The van der Waals surface area contributed by atoms with Crippen LogP contribution in [0.3, 0.4) is 0 Å². The molecule has 0 saturated carbocycles. The van der Waals surface area contributed by atoms with Crippen LogP contribution >= 0.6 is 0 Å². The van der Waals surface area contributed by atoms with Crippen molar-refractivity contribution < 1.29 is 8.98 Å². The van der Waals surface area contributed by atoms with Crippen LogP contribution in [0, 0.1) is 6.92 Å². The number of para-hydroxylation sites is 2. The first-order valence-corrected chi connectivity index (χ1v) is 17.8. The monoisotopic (exact) mass is 649 g/mol. The second kappa shape index (κ2) is 11.5. The first-order valence-electron chi connectivity index (χ1n) is 17.8. The van der Waals surface area contributed by atoms with Gasteiger partial charge in [0.1, 0.15) is 16.8 Å². The Bertz CT molecular complexity index is 2750. The Morgan fingerprint density at radius 1 is 0.580 bits per heavy atom. The number of fused-ring (bicyclic) bond motifs is 7. The zero-order valence-corrected chi connectivity index (χ0v) is 29.6. The molecule has 0 aliphatic carbocycles. The van der Waals surface area contributed by atoms with Crippen LogP contribution in [0.15, 0.2) is 132 Å². The van der Waals surface area contributed by atoms with Crippen LogP contribution in [0.25, 0.3) is 82.7 Å². The fraction of sp³-hybridized carbons (Fsp3) is 0.170. The molecule has 244 valence electrons. The number of hydrogen-bond acceptors (Lipinski definition) is 1. The van der Waals surface area contributed by atoms with Gasteiger partial charge in [-0.1, -0.05) is 119 Å². The van der Waals surface area contributed by atoms with Gasteiger partial charge in [-0.25, -0.2) is 4.57 Å². The summed E-state index contributed by atoms with van der Waals surface area (Å²) in [6, 6.07) is 46.6. The van der Waals surface area contributed by atoms with Crippen LogP contribution in [0.2, 0.25) is 0 Å². The van der Waals surface area contributed by atoms with Crippen LogP contribution in [-0.4, -0.2) is 4.57 Å². The van der Waals surface area contributed by atoms with Crippen molar-refractivity contribution in [2.24, 2.45) is 7.05 Å². The molecule has 3 nitrogen and oxygen atoms in total. The Morgan fingerprint density at radius 3 is 2.02 bits per heavy atom. The fourth-order valence-electron chi connectivity index (χ4n) is 8.15. The molecule has 9 rings (SSSR count). The Kier molecular flexibility index (Phi) is 6.96. The van der Waals surface area contributed by atoms with Crippen LogP contribution in [-0.2, 0) is 7.05 Å². The molecular weight excluding hydrogens is 609 g/mol. The number of aryl methyl sites for hydroxylation is 2. The number of rotatable bonds is 5. The number of benzene rings is 7. The van der Waals surface area contributed by atoms with E-state index in [1.165, 1.54) is 66.1 Å². The van der Waals surface area contributed by atoms with Crippen LogP contribution in [0.5, 0.6) is 0 Å². The molecule has 0 atom stereocenters. The average molecular weight is 650 g/mol. The normalized spacial score (nSPS) is 12.2.